The van der Waals surface area contributed by atoms with Gasteiger partial charge in [-0.15, -0.1) is 0 Å². The Morgan fingerprint density at radius 3 is 2.11 bits per heavy atom. The molecule has 0 aliphatic carbocycles. The number of hydrogen-bond donors (Lipinski definition) is 0. The van der Waals surface area contributed by atoms with Gasteiger partial charge in [0.05, 0.1) is 0 Å². The highest BCUT2D eigenvalue weighted by Crippen LogP contribution is 2.15. The summed E-state index contributed by atoms with van der Waals surface area (Å²) in [6, 6.07) is 0. The van der Waals surface area contributed by atoms with Crippen molar-refractivity contribution in [3.63, 3.8) is 0 Å². The second-order valence-electron chi connectivity index (χ2n) is 1.68. The molecule has 0 N–H and O–H groups in total. The monoisotopic (exact) mass is 134 g/mol. The average Bonchev–Trinajstić information content (AvgIpc) is 1.65. The molecule has 0 rings (SSSR count). The average molecular weight is 134 g/mol. The van der Waals surface area contributed by atoms with Gasteiger partial charge in [-0.2, -0.15) is 8.78 Å². The molecule has 0 aromatic heterocycles. The molecule has 0 aromatic rings. The van der Waals surface area contributed by atoms with Gasteiger partial charge in [0.15, 0.2) is 0 Å². The highest BCUT2D eigenvalue weighted by Gasteiger charge is 2.30. The molecule has 3 heteroatoms. The van der Waals surface area contributed by atoms with Gasteiger partial charge in [0.25, 0.3) is 0 Å². The third-order valence-electron chi connectivity index (χ3n) is 0.845. The lowest BCUT2D eigenvalue weighted by atomic mass is 10.2. The van der Waals surface area contributed by atoms with Crippen LogP contribution in [0.2, 0.25) is 0 Å². The SMILES string of the molecule is C/C=C/C(F)(F)C(C)=O. The molecule has 0 aliphatic heterocycles. The molecule has 0 atom stereocenters. The van der Waals surface area contributed by atoms with E-state index >= 15 is 0 Å². The number of allylic oxidation sites excluding steroid dienone is 2. The largest absolute Gasteiger partial charge is 0.323 e. The van der Waals surface area contributed by atoms with E-state index in [1.165, 1.54) is 6.92 Å². The van der Waals surface area contributed by atoms with E-state index in [1.807, 2.05) is 0 Å². The molecular weight excluding hydrogens is 126 g/mol. The Morgan fingerprint density at radius 1 is 1.56 bits per heavy atom. The minimum absolute atomic E-state index is 0.579. The molecule has 0 aromatic carbocycles. The lowest BCUT2D eigenvalue weighted by molar-refractivity contribution is -0.134. The quantitative estimate of drug-likeness (QED) is 0.526. The number of carbonyl (C=O) groups excluding carboxylic acids is 1. The summed E-state index contributed by atoms with van der Waals surface area (Å²) in [6.07, 6.45) is 1.73. The van der Waals surface area contributed by atoms with Crippen molar-refractivity contribution in [2.75, 3.05) is 0 Å². The number of Topliss-reactive ketones (excluding diaryl/α,β-unsaturated/α-hetero) is 1. The highest BCUT2D eigenvalue weighted by molar-refractivity contribution is 5.85. The molecular formula is C6H8F2O. The zero-order chi connectivity index (χ0) is 7.49. The van der Waals surface area contributed by atoms with E-state index in [4.69, 9.17) is 0 Å². The molecule has 1 nitrogen and oxygen atoms in total. The molecule has 0 radical (unpaired) electrons. The molecule has 0 amide bonds. The van der Waals surface area contributed by atoms with E-state index in [2.05, 4.69) is 0 Å². The van der Waals surface area contributed by atoms with Crippen molar-refractivity contribution in [1.29, 1.82) is 0 Å². The Morgan fingerprint density at radius 2 is 2.00 bits per heavy atom. The Hall–Kier alpha value is -0.730. The van der Waals surface area contributed by atoms with Crippen LogP contribution >= 0.6 is 0 Å². The Labute approximate surface area is 52.4 Å². The summed E-state index contributed by atoms with van der Waals surface area (Å²) in [5.74, 6) is -4.39. The van der Waals surface area contributed by atoms with Gasteiger partial charge in [0, 0.05) is 6.92 Å². The maximum atomic E-state index is 12.1. The normalized spacial score (nSPS) is 12.4. The van der Waals surface area contributed by atoms with Crippen molar-refractivity contribution in [1.82, 2.24) is 0 Å². The summed E-state index contributed by atoms with van der Waals surface area (Å²) in [7, 11) is 0. The number of ketones is 1. The van der Waals surface area contributed by atoms with E-state index in [9.17, 15) is 13.6 Å². The summed E-state index contributed by atoms with van der Waals surface area (Å²) in [5, 5.41) is 0. The van der Waals surface area contributed by atoms with Gasteiger partial charge in [-0.25, -0.2) is 0 Å². The van der Waals surface area contributed by atoms with Crippen LogP contribution in [0.3, 0.4) is 0 Å². The van der Waals surface area contributed by atoms with E-state index in [-0.39, 0.29) is 0 Å². The van der Waals surface area contributed by atoms with Crippen molar-refractivity contribution in [2.24, 2.45) is 0 Å². The summed E-state index contributed by atoms with van der Waals surface area (Å²) >= 11 is 0. The van der Waals surface area contributed by atoms with E-state index in [1.54, 1.807) is 0 Å². The molecule has 52 valence electrons. The first-order valence-corrected chi connectivity index (χ1v) is 2.53. The number of halogens is 2. The van der Waals surface area contributed by atoms with Gasteiger partial charge in [0.1, 0.15) is 0 Å². The van der Waals surface area contributed by atoms with Crippen LogP contribution in [0.5, 0.6) is 0 Å². The smallest absolute Gasteiger partial charge is 0.293 e. The second kappa shape index (κ2) is 2.71. The summed E-state index contributed by atoms with van der Waals surface area (Å²) in [6.45, 7) is 2.30. The Bertz CT molecular complexity index is 138. The summed E-state index contributed by atoms with van der Waals surface area (Å²) in [4.78, 5) is 10.1. The van der Waals surface area contributed by atoms with Crippen LogP contribution in [0.1, 0.15) is 13.8 Å². The predicted molar refractivity (Wildman–Crippen MR) is 30.4 cm³/mol. The standard InChI is InChI=1S/C6H8F2O/c1-3-4-6(7,8)5(2)9/h3-4H,1-2H3/b4-3+. The third kappa shape index (κ3) is 2.35. The second-order valence-corrected chi connectivity index (χ2v) is 1.68. The Balaban J connectivity index is 4.19. The first kappa shape index (κ1) is 8.27. The first-order valence-electron chi connectivity index (χ1n) is 2.53. The summed E-state index contributed by atoms with van der Waals surface area (Å²) < 4.78 is 24.2. The van der Waals surface area contributed by atoms with Crippen LogP contribution in [-0.2, 0) is 4.79 Å². The predicted octanol–water partition coefficient (Wildman–Crippen LogP) is 1.79. The highest BCUT2D eigenvalue weighted by atomic mass is 19.3. The van der Waals surface area contributed by atoms with Gasteiger partial charge in [0.2, 0.25) is 5.78 Å². The van der Waals surface area contributed by atoms with Gasteiger partial charge in [-0.05, 0) is 13.0 Å². The molecule has 0 heterocycles. The Kier molecular flexibility index (Phi) is 2.49. The van der Waals surface area contributed by atoms with Crippen LogP contribution in [0.15, 0.2) is 12.2 Å². The van der Waals surface area contributed by atoms with Crippen molar-refractivity contribution in [3.05, 3.63) is 12.2 Å². The maximum Gasteiger partial charge on any atom is 0.323 e. The molecule has 0 saturated heterocycles. The topological polar surface area (TPSA) is 17.1 Å². The number of alkyl halides is 2. The fraction of sp³-hybridized carbons (Fsp3) is 0.500. The molecule has 0 unspecified atom stereocenters. The minimum Gasteiger partial charge on any atom is -0.293 e. The zero-order valence-corrected chi connectivity index (χ0v) is 5.32. The number of rotatable bonds is 2. The number of carbonyl (C=O) groups is 1. The van der Waals surface area contributed by atoms with E-state index < -0.39 is 11.7 Å². The van der Waals surface area contributed by atoms with Crippen LogP contribution in [0.4, 0.5) is 8.78 Å². The third-order valence-corrected chi connectivity index (χ3v) is 0.845. The molecule has 0 saturated carbocycles. The number of hydrogen-bond acceptors (Lipinski definition) is 1. The fourth-order valence-electron chi connectivity index (χ4n) is 0.327. The van der Waals surface area contributed by atoms with Crippen LogP contribution in [-0.4, -0.2) is 11.7 Å². The summed E-state index contributed by atoms with van der Waals surface area (Å²) in [5.41, 5.74) is 0. The van der Waals surface area contributed by atoms with Crippen molar-refractivity contribution in [2.45, 2.75) is 19.8 Å². The zero-order valence-electron chi connectivity index (χ0n) is 5.32. The van der Waals surface area contributed by atoms with E-state index in [0.29, 0.717) is 6.08 Å². The van der Waals surface area contributed by atoms with Crippen molar-refractivity contribution >= 4 is 5.78 Å². The van der Waals surface area contributed by atoms with Crippen molar-refractivity contribution in [3.8, 4) is 0 Å². The molecule has 0 spiro atoms. The maximum absolute atomic E-state index is 12.1. The van der Waals surface area contributed by atoms with Crippen LogP contribution < -0.4 is 0 Å². The van der Waals surface area contributed by atoms with Crippen molar-refractivity contribution < 1.29 is 13.6 Å². The van der Waals surface area contributed by atoms with Crippen LogP contribution in [0.25, 0.3) is 0 Å². The minimum atomic E-state index is -3.27. The molecule has 9 heavy (non-hydrogen) atoms. The van der Waals surface area contributed by atoms with E-state index in [0.717, 1.165) is 13.0 Å². The molecule has 0 fully saturated rings. The van der Waals surface area contributed by atoms with Gasteiger partial charge in [-0.1, -0.05) is 6.08 Å². The fourth-order valence-corrected chi connectivity index (χ4v) is 0.327. The molecule has 0 bridgehead atoms. The lowest BCUT2D eigenvalue weighted by Crippen LogP contribution is -2.22. The lowest BCUT2D eigenvalue weighted by Gasteiger charge is -2.04. The first-order chi connectivity index (χ1) is 4.00. The van der Waals surface area contributed by atoms with Gasteiger partial charge in [-0.3, -0.25) is 4.79 Å². The molecule has 0 aliphatic rings. The van der Waals surface area contributed by atoms with Crippen LogP contribution in [0, 0.1) is 0 Å². The van der Waals surface area contributed by atoms with Gasteiger partial charge < -0.3 is 0 Å². The van der Waals surface area contributed by atoms with Gasteiger partial charge >= 0.3 is 5.92 Å².